The Morgan fingerprint density at radius 3 is 2.26 bits per heavy atom. The van der Waals surface area contributed by atoms with Crippen molar-refractivity contribution in [2.75, 3.05) is 7.11 Å². The van der Waals surface area contributed by atoms with Gasteiger partial charge >= 0.3 is 0 Å². The van der Waals surface area contributed by atoms with Crippen molar-refractivity contribution in [2.45, 2.75) is 0 Å². The van der Waals surface area contributed by atoms with Crippen LogP contribution in [-0.2, 0) is 0 Å². The number of methoxy groups -OCH3 is 1. The first-order chi connectivity index (χ1) is 8.36. The van der Waals surface area contributed by atoms with Crippen molar-refractivity contribution in [3.63, 3.8) is 0 Å². The van der Waals surface area contributed by atoms with E-state index in [1.54, 1.807) is 7.11 Å². The number of para-hydroxylation sites is 2. The molecule has 3 nitrogen and oxygen atoms in total. The predicted octanol–water partition coefficient (Wildman–Crippen LogP) is 4.08. The summed E-state index contributed by atoms with van der Waals surface area (Å²) in [6, 6.07) is 15.9. The largest absolute Gasteiger partial charge is 0.497 e. The molecule has 0 unspecified atom stereocenters. The molecular weight excluding hydrogens is 283 g/mol. The van der Waals surface area contributed by atoms with Gasteiger partial charge in [0.25, 0.3) is 0 Å². The molecule has 1 aromatic heterocycles. The maximum Gasteiger partial charge on any atom is 0.138 e. The smallest absolute Gasteiger partial charge is 0.138 e. The molecule has 2 aromatic carbocycles. The van der Waals surface area contributed by atoms with Crippen LogP contribution in [0.4, 0.5) is 0 Å². The molecule has 0 aliphatic rings. The average molecular weight is 297 g/mol. The summed E-state index contributed by atoms with van der Waals surface area (Å²) in [6.45, 7) is 0. The van der Waals surface area contributed by atoms with Gasteiger partial charge in [-0.1, -0.05) is 12.1 Å². The first-order valence-electron chi connectivity index (χ1n) is 5.46. The van der Waals surface area contributed by atoms with Gasteiger partial charge in [-0.2, -0.15) is 0 Å². The van der Waals surface area contributed by atoms with Crippen LogP contribution in [0.25, 0.3) is 22.4 Å². The summed E-state index contributed by atoms with van der Waals surface area (Å²) >= 11 is 0. The predicted molar refractivity (Wildman–Crippen MR) is 82.6 cm³/mol. The molecule has 5 heteroatoms. The number of benzene rings is 2. The molecule has 0 radical (unpaired) electrons. The van der Waals surface area contributed by atoms with Crippen molar-refractivity contribution in [1.29, 1.82) is 0 Å². The second-order valence-corrected chi connectivity index (χ2v) is 3.83. The van der Waals surface area contributed by atoms with Crippen LogP contribution >= 0.6 is 24.8 Å². The lowest BCUT2D eigenvalue weighted by Crippen LogP contribution is -1.83. The quantitative estimate of drug-likeness (QED) is 0.774. The molecule has 0 fully saturated rings. The number of aromatic nitrogens is 2. The fourth-order valence-corrected chi connectivity index (χ4v) is 1.84. The van der Waals surface area contributed by atoms with Crippen LogP contribution in [0, 0.1) is 0 Å². The zero-order valence-electron chi connectivity index (χ0n) is 10.3. The highest BCUT2D eigenvalue weighted by molar-refractivity contribution is 5.85. The lowest BCUT2D eigenvalue weighted by atomic mass is 10.2. The molecule has 0 saturated carbocycles. The molecule has 0 amide bonds. The Bertz CT molecular complexity index is 617. The summed E-state index contributed by atoms with van der Waals surface area (Å²) in [5, 5.41) is 0. The fourth-order valence-electron chi connectivity index (χ4n) is 1.84. The van der Waals surface area contributed by atoms with E-state index in [-0.39, 0.29) is 24.8 Å². The Hall–Kier alpha value is -1.71. The molecular formula is C14H14Cl2N2O. The summed E-state index contributed by atoms with van der Waals surface area (Å²) in [6.07, 6.45) is 0. The number of aromatic amines is 1. The van der Waals surface area contributed by atoms with E-state index < -0.39 is 0 Å². The summed E-state index contributed by atoms with van der Waals surface area (Å²) in [7, 11) is 1.66. The third-order valence-corrected chi connectivity index (χ3v) is 2.75. The number of ether oxygens (including phenoxy) is 1. The summed E-state index contributed by atoms with van der Waals surface area (Å²) in [5.41, 5.74) is 3.10. The van der Waals surface area contributed by atoms with Crippen molar-refractivity contribution >= 4 is 35.8 Å². The Morgan fingerprint density at radius 1 is 0.947 bits per heavy atom. The minimum Gasteiger partial charge on any atom is -0.497 e. The molecule has 0 saturated heterocycles. The Morgan fingerprint density at radius 2 is 1.63 bits per heavy atom. The second-order valence-electron chi connectivity index (χ2n) is 3.83. The van der Waals surface area contributed by atoms with Crippen molar-refractivity contribution in [3.05, 3.63) is 48.5 Å². The number of hydrogen-bond donors (Lipinski definition) is 1. The second kappa shape index (κ2) is 6.45. The van der Waals surface area contributed by atoms with E-state index in [1.165, 1.54) is 0 Å². The van der Waals surface area contributed by atoms with Gasteiger partial charge in [0.2, 0.25) is 0 Å². The lowest BCUT2D eigenvalue weighted by Gasteiger charge is -2.00. The normalized spacial score (nSPS) is 9.53. The minimum absolute atomic E-state index is 0. The molecule has 0 aliphatic heterocycles. The highest BCUT2D eigenvalue weighted by atomic mass is 35.5. The average Bonchev–Trinajstić information content (AvgIpc) is 2.82. The van der Waals surface area contributed by atoms with Crippen LogP contribution in [0.3, 0.4) is 0 Å². The van der Waals surface area contributed by atoms with Crippen molar-refractivity contribution in [2.24, 2.45) is 0 Å². The number of nitrogens with one attached hydrogen (secondary N) is 1. The van der Waals surface area contributed by atoms with Crippen LogP contribution in [0.15, 0.2) is 48.5 Å². The number of H-pyrrole nitrogens is 1. The highest BCUT2D eigenvalue weighted by Crippen LogP contribution is 2.22. The third kappa shape index (κ3) is 3.00. The molecule has 3 rings (SSSR count). The van der Waals surface area contributed by atoms with E-state index >= 15 is 0 Å². The van der Waals surface area contributed by atoms with Gasteiger partial charge in [-0.25, -0.2) is 4.98 Å². The SMILES string of the molecule is COc1ccc(-c2nc3ccccc3[nH]2)cc1.Cl.Cl. The molecule has 100 valence electrons. The zero-order chi connectivity index (χ0) is 11.7. The van der Waals surface area contributed by atoms with Crippen molar-refractivity contribution < 1.29 is 4.74 Å². The van der Waals surface area contributed by atoms with E-state index in [1.807, 2.05) is 48.5 Å². The third-order valence-electron chi connectivity index (χ3n) is 2.75. The van der Waals surface area contributed by atoms with Gasteiger partial charge in [0.15, 0.2) is 0 Å². The molecule has 0 bridgehead atoms. The number of fused-ring (bicyclic) bond motifs is 1. The van der Waals surface area contributed by atoms with Crippen LogP contribution < -0.4 is 4.74 Å². The Kier molecular flexibility index (Phi) is 5.21. The van der Waals surface area contributed by atoms with Gasteiger partial charge in [-0.3, -0.25) is 0 Å². The van der Waals surface area contributed by atoms with Crippen LogP contribution in [0.1, 0.15) is 0 Å². The van der Waals surface area contributed by atoms with Gasteiger partial charge in [0, 0.05) is 5.56 Å². The van der Waals surface area contributed by atoms with Gasteiger partial charge in [0.05, 0.1) is 18.1 Å². The van der Waals surface area contributed by atoms with Crippen LogP contribution in [0.5, 0.6) is 5.75 Å². The molecule has 19 heavy (non-hydrogen) atoms. The molecule has 0 atom stereocenters. The Labute approximate surface area is 123 Å². The van der Waals surface area contributed by atoms with Crippen molar-refractivity contribution in [3.8, 4) is 17.1 Å². The standard InChI is InChI=1S/C14H12N2O.2ClH/c1-17-11-8-6-10(7-9-11)14-15-12-4-2-3-5-13(12)16-14;;/h2-9H,1H3,(H,15,16);2*1H. The maximum atomic E-state index is 5.13. The van der Waals surface area contributed by atoms with E-state index in [9.17, 15) is 0 Å². The summed E-state index contributed by atoms with van der Waals surface area (Å²) < 4.78 is 5.13. The van der Waals surface area contributed by atoms with Gasteiger partial charge in [0.1, 0.15) is 11.6 Å². The van der Waals surface area contributed by atoms with Gasteiger partial charge < -0.3 is 9.72 Å². The zero-order valence-corrected chi connectivity index (χ0v) is 11.9. The highest BCUT2D eigenvalue weighted by Gasteiger charge is 2.04. The van der Waals surface area contributed by atoms with E-state index in [0.717, 1.165) is 28.2 Å². The monoisotopic (exact) mass is 296 g/mol. The van der Waals surface area contributed by atoms with Crippen LogP contribution in [0.2, 0.25) is 0 Å². The number of halogens is 2. The molecule has 0 spiro atoms. The first-order valence-corrected chi connectivity index (χ1v) is 5.46. The van der Waals surface area contributed by atoms with Gasteiger partial charge in [-0.15, -0.1) is 24.8 Å². The first kappa shape index (κ1) is 15.3. The summed E-state index contributed by atoms with van der Waals surface area (Å²) in [4.78, 5) is 7.84. The molecule has 1 heterocycles. The van der Waals surface area contributed by atoms with E-state index in [2.05, 4.69) is 9.97 Å². The summed E-state index contributed by atoms with van der Waals surface area (Å²) in [5.74, 6) is 1.73. The molecule has 0 aliphatic carbocycles. The van der Waals surface area contributed by atoms with E-state index in [0.29, 0.717) is 0 Å². The topological polar surface area (TPSA) is 37.9 Å². The number of rotatable bonds is 2. The van der Waals surface area contributed by atoms with Crippen molar-refractivity contribution in [1.82, 2.24) is 9.97 Å². The Balaban J connectivity index is 0.000000902. The molecule has 3 aromatic rings. The molecule has 1 N–H and O–H groups in total. The number of hydrogen-bond acceptors (Lipinski definition) is 2. The number of nitrogens with zero attached hydrogens (tertiary/aromatic N) is 1. The van der Waals surface area contributed by atoms with Crippen LogP contribution in [-0.4, -0.2) is 17.1 Å². The maximum absolute atomic E-state index is 5.13. The van der Waals surface area contributed by atoms with E-state index in [4.69, 9.17) is 4.74 Å². The van der Waals surface area contributed by atoms with Gasteiger partial charge in [-0.05, 0) is 36.4 Å². The minimum atomic E-state index is 0. The number of imidazole rings is 1. The fraction of sp³-hybridized carbons (Fsp3) is 0.0714. The lowest BCUT2D eigenvalue weighted by molar-refractivity contribution is 0.415.